The number of halogens is 3. The molecule has 5 nitrogen and oxygen atoms in total. The van der Waals surface area contributed by atoms with E-state index < -0.39 is 17.9 Å². The molecular formula is C18H14BrClFN3O2. The summed E-state index contributed by atoms with van der Waals surface area (Å²) < 4.78 is 36.7. The SMILES string of the molecule is [2H]C([2H])(Oc1cc(C)n(-c2cc(Br)ncc2C)c(=O)c1)c1ncc(F)cc1Cl. The Balaban J connectivity index is 2.01. The molecule has 0 bridgehead atoms. The lowest BCUT2D eigenvalue weighted by atomic mass is 10.2. The molecule has 0 fully saturated rings. The molecule has 0 aliphatic carbocycles. The number of aromatic nitrogens is 3. The first-order chi connectivity index (χ1) is 13.1. The second-order valence-electron chi connectivity index (χ2n) is 5.49. The molecule has 0 radical (unpaired) electrons. The van der Waals surface area contributed by atoms with Gasteiger partial charge in [-0.05, 0) is 47.5 Å². The lowest BCUT2D eigenvalue weighted by Crippen LogP contribution is -2.21. The summed E-state index contributed by atoms with van der Waals surface area (Å²) in [6, 6.07) is 5.34. The summed E-state index contributed by atoms with van der Waals surface area (Å²) in [5.41, 5.74) is 1.26. The summed E-state index contributed by atoms with van der Waals surface area (Å²) in [4.78, 5) is 20.5. The number of aryl methyl sites for hydroxylation is 2. The Kier molecular flexibility index (Phi) is 4.64. The van der Waals surface area contributed by atoms with Crippen LogP contribution in [0.3, 0.4) is 0 Å². The van der Waals surface area contributed by atoms with Crippen LogP contribution in [-0.4, -0.2) is 14.5 Å². The van der Waals surface area contributed by atoms with Crippen molar-refractivity contribution in [2.45, 2.75) is 20.4 Å². The largest absolute Gasteiger partial charge is 0.487 e. The number of rotatable bonds is 4. The molecule has 0 aliphatic heterocycles. The first-order valence-electron chi connectivity index (χ1n) is 8.45. The van der Waals surface area contributed by atoms with E-state index in [4.69, 9.17) is 19.1 Å². The third-order valence-electron chi connectivity index (χ3n) is 3.55. The highest BCUT2D eigenvalue weighted by molar-refractivity contribution is 9.10. The molecule has 0 spiro atoms. The van der Waals surface area contributed by atoms with Gasteiger partial charge in [0.1, 0.15) is 22.7 Å². The third-order valence-corrected chi connectivity index (χ3v) is 4.27. The zero-order chi connectivity index (χ0) is 20.6. The molecule has 0 aromatic carbocycles. The smallest absolute Gasteiger partial charge is 0.259 e. The molecule has 3 heterocycles. The average molecular weight is 441 g/mol. The highest BCUT2D eigenvalue weighted by Crippen LogP contribution is 2.21. The van der Waals surface area contributed by atoms with Gasteiger partial charge in [-0.25, -0.2) is 9.37 Å². The predicted octanol–water partition coefficient (Wildman–Crippen LogP) is 4.38. The number of hydrogen-bond donors (Lipinski definition) is 0. The molecule has 3 rings (SSSR count). The zero-order valence-corrected chi connectivity index (χ0v) is 16.1. The maximum absolute atomic E-state index is 13.2. The molecule has 26 heavy (non-hydrogen) atoms. The quantitative estimate of drug-likeness (QED) is 0.565. The molecule has 0 atom stereocenters. The lowest BCUT2D eigenvalue weighted by Gasteiger charge is -2.14. The average Bonchev–Trinajstić information content (AvgIpc) is 2.56. The topological polar surface area (TPSA) is 57.0 Å². The van der Waals surface area contributed by atoms with E-state index >= 15 is 0 Å². The van der Waals surface area contributed by atoms with E-state index in [1.807, 2.05) is 6.92 Å². The molecule has 3 aromatic heterocycles. The lowest BCUT2D eigenvalue weighted by molar-refractivity contribution is 0.300. The van der Waals surface area contributed by atoms with Crippen LogP contribution in [0.5, 0.6) is 5.75 Å². The van der Waals surface area contributed by atoms with Crippen molar-refractivity contribution in [3.05, 3.63) is 79.4 Å². The first kappa shape index (κ1) is 16.0. The van der Waals surface area contributed by atoms with Crippen LogP contribution in [0.25, 0.3) is 5.69 Å². The van der Waals surface area contributed by atoms with Gasteiger partial charge in [0.2, 0.25) is 0 Å². The number of nitrogens with zero attached hydrogens (tertiary/aromatic N) is 3. The Labute approximate surface area is 165 Å². The highest BCUT2D eigenvalue weighted by Gasteiger charge is 2.11. The summed E-state index contributed by atoms with van der Waals surface area (Å²) in [6.45, 7) is 1.05. The minimum Gasteiger partial charge on any atom is -0.487 e. The van der Waals surface area contributed by atoms with E-state index in [1.165, 1.54) is 10.6 Å². The van der Waals surface area contributed by atoms with Crippen LogP contribution in [-0.2, 0) is 6.56 Å². The Bertz CT molecular complexity index is 1120. The van der Waals surface area contributed by atoms with Crippen LogP contribution in [0.15, 0.2) is 46.1 Å². The molecule has 0 aliphatic rings. The molecule has 134 valence electrons. The summed E-state index contributed by atoms with van der Waals surface area (Å²) in [7, 11) is 0. The van der Waals surface area contributed by atoms with Crippen molar-refractivity contribution in [3.63, 3.8) is 0 Å². The van der Waals surface area contributed by atoms with Gasteiger partial charge in [0.15, 0.2) is 0 Å². The number of ether oxygens (including phenoxy) is 1. The van der Waals surface area contributed by atoms with Crippen molar-refractivity contribution in [3.8, 4) is 11.4 Å². The van der Waals surface area contributed by atoms with Crippen molar-refractivity contribution >= 4 is 27.5 Å². The van der Waals surface area contributed by atoms with Crippen LogP contribution in [0.1, 0.15) is 19.7 Å². The van der Waals surface area contributed by atoms with Crippen LogP contribution >= 0.6 is 27.5 Å². The molecule has 0 saturated heterocycles. The molecule has 0 saturated carbocycles. The molecular weight excluding hydrogens is 425 g/mol. The molecule has 0 N–H and O–H groups in total. The van der Waals surface area contributed by atoms with Gasteiger partial charge >= 0.3 is 0 Å². The minimum atomic E-state index is -2.47. The zero-order valence-electron chi connectivity index (χ0n) is 15.8. The van der Waals surface area contributed by atoms with Crippen LogP contribution in [0, 0.1) is 19.7 Å². The predicted molar refractivity (Wildman–Crippen MR) is 101 cm³/mol. The van der Waals surface area contributed by atoms with Crippen molar-refractivity contribution in [2.24, 2.45) is 0 Å². The number of hydrogen-bond acceptors (Lipinski definition) is 4. The van der Waals surface area contributed by atoms with Crippen LogP contribution in [0.2, 0.25) is 5.02 Å². The van der Waals surface area contributed by atoms with Gasteiger partial charge in [-0.3, -0.25) is 14.3 Å². The van der Waals surface area contributed by atoms with Gasteiger partial charge in [0, 0.05) is 24.0 Å². The standard InChI is InChI=1S/C18H14BrClFN3O2/c1-10-7-23-17(19)6-16(10)24-11(2)3-13(5-18(24)25)26-9-15-14(20)4-12(21)8-22-15/h3-8H,9H2,1-2H3/i9D2. The highest BCUT2D eigenvalue weighted by atomic mass is 79.9. The second-order valence-corrected chi connectivity index (χ2v) is 6.71. The fraction of sp³-hybridized carbons (Fsp3) is 0.167. The van der Waals surface area contributed by atoms with Crippen molar-refractivity contribution in [2.75, 3.05) is 0 Å². The van der Waals surface area contributed by atoms with E-state index in [0.29, 0.717) is 16.0 Å². The second kappa shape index (κ2) is 7.55. The maximum atomic E-state index is 13.2. The van der Waals surface area contributed by atoms with E-state index in [2.05, 4.69) is 25.9 Å². The molecule has 3 aromatic rings. The first-order valence-corrected chi connectivity index (χ1v) is 8.62. The fourth-order valence-corrected chi connectivity index (χ4v) is 2.88. The van der Waals surface area contributed by atoms with E-state index in [1.54, 1.807) is 19.2 Å². The third kappa shape index (κ3) is 3.94. The van der Waals surface area contributed by atoms with Gasteiger partial charge in [0.25, 0.3) is 5.56 Å². The Morgan fingerprint density at radius 1 is 1.27 bits per heavy atom. The Morgan fingerprint density at radius 3 is 2.73 bits per heavy atom. The summed E-state index contributed by atoms with van der Waals surface area (Å²) in [5, 5.41) is -0.215. The van der Waals surface area contributed by atoms with Crippen LogP contribution in [0.4, 0.5) is 4.39 Å². The normalized spacial score (nSPS) is 12.5. The van der Waals surface area contributed by atoms with E-state index in [0.717, 1.165) is 23.9 Å². The van der Waals surface area contributed by atoms with Gasteiger partial charge in [-0.2, -0.15) is 0 Å². The van der Waals surface area contributed by atoms with Gasteiger partial charge in [0.05, 0.1) is 25.3 Å². The van der Waals surface area contributed by atoms with Gasteiger partial charge < -0.3 is 4.74 Å². The number of pyridine rings is 3. The monoisotopic (exact) mass is 439 g/mol. The van der Waals surface area contributed by atoms with Crippen molar-refractivity contribution < 1.29 is 11.9 Å². The van der Waals surface area contributed by atoms with Crippen molar-refractivity contribution in [1.29, 1.82) is 0 Å². The minimum absolute atomic E-state index is 0.00304. The van der Waals surface area contributed by atoms with E-state index in [-0.39, 0.29) is 16.5 Å². The van der Waals surface area contributed by atoms with E-state index in [9.17, 15) is 9.18 Å². The Hall–Kier alpha value is -2.25. The fourth-order valence-electron chi connectivity index (χ4n) is 2.37. The Morgan fingerprint density at radius 2 is 2.04 bits per heavy atom. The molecule has 8 heteroatoms. The van der Waals surface area contributed by atoms with Gasteiger partial charge in [-0.1, -0.05) is 11.6 Å². The van der Waals surface area contributed by atoms with Gasteiger partial charge in [-0.15, -0.1) is 0 Å². The molecule has 0 amide bonds. The summed E-state index contributed by atoms with van der Waals surface area (Å²) in [6.07, 6.45) is 2.48. The summed E-state index contributed by atoms with van der Waals surface area (Å²) >= 11 is 9.17. The van der Waals surface area contributed by atoms with Crippen LogP contribution < -0.4 is 10.3 Å². The van der Waals surface area contributed by atoms with Crippen molar-refractivity contribution in [1.82, 2.24) is 14.5 Å². The summed E-state index contributed by atoms with van der Waals surface area (Å²) in [5.74, 6) is -0.696. The maximum Gasteiger partial charge on any atom is 0.259 e. The molecule has 0 unspecified atom stereocenters.